The van der Waals surface area contributed by atoms with Crippen LogP contribution in [0, 0.1) is 6.92 Å². The van der Waals surface area contributed by atoms with E-state index in [1.165, 1.54) is 4.90 Å². The fraction of sp³-hybridized carbons (Fsp3) is 0.167. The van der Waals surface area contributed by atoms with Gasteiger partial charge in [0.15, 0.2) is 0 Å². The molecular formula is C24H21NO4. The molecule has 1 aliphatic heterocycles. The molecule has 0 N–H and O–H groups in total. The molecule has 1 fully saturated rings. The van der Waals surface area contributed by atoms with Crippen LogP contribution in [0.25, 0.3) is 0 Å². The molecule has 1 aliphatic rings. The molecule has 0 spiro atoms. The lowest BCUT2D eigenvalue weighted by atomic mass is 10.1. The molecule has 0 aromatic heterocycles. The molecule has 0 aliphatic carbocycles. The highest BCUT2D eigenvalue weighted by Gasteiger charge is 2.27. The highest BCUT2D eigenvalue weighted by Crippen LogP contribution is 2.25. The number of carbonyl (C=O) groups is 2. The summed E-state index contributed by atoms with van der Waals surface area (Å²) in [5, 5.41) is 0. The SMILES string of the molecule is Cc1ccccc1C(=O)N(C(=O)c1ccccc1)c1ccc(OCC2CO2)cc1. The van der Waals surface area contributed by atoms with E-state index in [2.05, 4.69) is 0 Å². The highest BCUT2D eigenvalue weighted by atomic mass is 16.6. The lowest BCUT2D eigenvalue weighted by Gasteiger charge is -2.22. The normalized spacial score (nSPS) is 14.9. The van der Waals surface area contributed by atoms with E-state index in [1.807, 2.05) is 25.1 Å². The van der Waals surface area contributed by atoms with Gasteiger partial charge in [0.2, 0.25) is 0 Å². The third kappa shape index (κ3) is 4.36. The van der Waals surface area contributed by atoms with Crippen LogP contribution in [0.2, 0.25) is 0 Å². The largest absolute Gasteiger partial charge is 0.491 e. The first-order valence-corrected chi connectivity index (χ1v) is 9.47. The molecule has 1 saturated heterocycles. The number of ether oxygens (including phenoxy) is 2. The first kappa shape index (κ1) is 18.9. The summed E-state index contributed by atoms with van der Waals surface area (Å²) >= 11 is 0. The topological polar surface area (TPSA) is 59.1 Å². The maximum atomic E-state index is 13.3. The van der Waals surface area contributed by atoms with Gasteiger partial charge in [0, 0.05) is 11.1 Å². The lowest BCUT2D eigenvalue weighted by Crippen LogP contribution is -2.37. The Hall–Kier alpha value is -3.44. The number of rotatable bonds is 6. The fourth-order valence-corrected chi connectivity index (χ4v) is 3.01. The minimum absolute atomic E-state index is 0.161. The zero-order chi connectivity index (χ0) is 20.2. The Morgan fingerprint density at radius 1 is 0.931 bits per heavy atom. The monoisotopic (exact) mass is 387 g/mol. The van der Waals surface area contributed by atoms with Crippen LogP contribution in [-0.2, 0) is 4.74 Å². The number of aryl methyl sites for hydroxylation is 1. The molecule has 5 heteroatoms. The van der Waals surface area contributed by atoms with Crippen molar-refractivity contribution in [2.75, 3.05) is 18.1 Å². The van der Waals surface area contributed by atoms with Gasteiger partial charge in [0.05, 0.1) is 12.3 Å². The Morgan fingerprint density at radius 3 is 2.24 bits per heavy atom. The van der Waals surface area contributed by atoms with Crippen molar-refractivity contribution >= 4 is 17.5 Å². The van der Waals surface area contributed by atoms with Crippen molar-refractivity contribution in [3.8, 4) is 5.75 Å². The van der Waals surface area contributed by atoms with Crippen LogP contribution >= 0.6 is 0 Å². The number of imide groups is 1. The lowest BCUT2D eigenvalue weighted by molar-refractivity contribution is 0.0897. The second-order valence-electron chi connectivity index (χ2n) is 6.89. The van der Waals surface area contributed by atoms with Crippen LogP contribution < -0.4 is 9.64 Å². The Balaban J connectivity index is 1.66. The van der Waals surface area contributed by atoms with Crippen molar-refractivity contribution in [3.05, 3.63) is 95.6 Å². The van der Waals surface area contributed by atoms with Gasteiger partial charge >= 0.3 is 0 Å². The molecule has 3 aromatic rings. The Bertz CT molecular complexity index is 1010. The molecule has 2 amide bonds. The smallest absolute Gasteiger partial charge is 0.265 e. The molecule has 29 heavy (non-hydrogen) atoms. The standard InChI is InChI=1S/C24H21NO4/c1-17-7-5-6-10-22(17)24(27)25(23(26)18-8-3-2-4-9-18)19-11-13-20(14-12-19)28-15-21-16-29-21/h2-14,21H,15-16H2,1H3. The number of nitrogens with zero attached hydrogens (tertiary/aromatic N) is 1. The van der Waals surface area contributed by atoms with Crippen molar-refractivity contribution in [1.29, 1.82) is 0 Å². The van der Waals surface area contributed by atoms with Gasteiger partial charge in [-0.05, 0) is 55.0 Å². The van der Waals surface area contributed by atoms with E-state index in [4.69, 9.17) is 9.47 Å². The van der Waals surface area contributed by atoms with E-state index in [1.54, 1.807) is 60.7 Å². The van der Waals surface area contributed by atoms with Crippen molar-refractivity contribution < 1.29 is 19.1 Å². The highest BCUT2D eigenvalue weighted by molar-refractivity contribution is 6.26. The second kappa shape index (κ2) is 8.29. The van der Waals surface area contributed by atoms with E-state index < -0.39 is 0 Å². The zero-order valence-corrected chi connectivity index (χ0v) is 16.1. The molecule has 146 valence electrons. The molecule has 4 rings (SSSR count). The van der Waals surface area contributed by atoms with Gasteiger partial charge in [-0.3, -0.25) is 9.59 Å². The molecule has 1 atom stereocenters. The number of benzene rings is 3. The molecule has 0 bridgehead atoms. The summed E-state index contributed by atoms with van der Waals surface area (Å²) in [5.41, 5.74) is 2.23. The van der Waals surface area contributed by atoms with Gasteiger partial charge in [0.1, 0.15) is 18.5 Å². The van der Waals surface area contributed by atoms with E-state index in [0.29, 0.717) is 29.2 Å². The fourth-order valence-electron chi connectivity index (χ4n) is 3.01. The Kier molecular flexibility index (Phi) is 5.40. The Labute approximate surface area is 169 Å². The molecular weight excluding hydrogens is 366 g/mol. The van der Waals surface area contributed by atoms with Gasteiger partial charge in [0.25, 0.3) is 11.8 Å². The van der Waals surface area contributed by atoms with Crippen molar-refractivity contribution in [2.24, 2.45) is 0 Å². The number of hydrogen-bond donors (Lipinski definition) is 0. The average Bonchev–Trinajstić information content (AvgIpc) is 3.59. The quantitative estimate of drug-likeness (QED) is 0.468. The van der Waals surface area contributed by atoms with E-state index in [9.17, 15) is 9.59 Å². The zero-order valence-electron chi connectivity index (χ0n) is 16.1. The molecule has 0 radical (unpaired) electrons. The predicted octanol–water partition coefficient (Wildman–Crippen LogP) is 4.26. The number of hydrogen-bond acceptors (Lipinski definition) is 4. The Morgan fingerprint density at radius 2 is 1.59 bits per heavy atom. The summed E-state index contributed by atoms with van der Waals surface area (Å²) in [7, 11) is 0. The third-order valence-electron chi connectivity index (χ3n) is 4.74. The van der Waals surface area contributed by atoms with Crippen LogP contribution in [0.1, 0.15) is 26.3 Å². The molecule has 1 unspecified atom stereocenters. The van der Waals surface area contributed by atoms with Gasteiger partial charge in [-0.1, -0.05) is 36.4 Å². The first-order chi connectivity index (χ1) is 14.1. The molecule has 5 nitrogen and oxygen atoms in total. The number of amides is 2. The summed E-state index contributed by atoms with van der Waals surface area (Å²) in [6.45, 7) is 3.08. The van der Waals surface area contributed by atoms with E-state index in [-0.39, 0.29) is 17.9 Å². The van der Waals surface area contributed by atoms with Crippen molar-refractivity contribution in [3.63, 3.8) is 0 Å². The van der Waals surface area contributed by atoms with Gasteiger partial charge in [-0.15, -0.1) is 0 Å². The van der Waals surface area contributed by atoms with E-state index in [0.717, 1.165) is 12.2 Å². The number of epoxide rings is 1. The maximum Gasteiger partial charge on any atom is 0.265 e. The first-order valence-electron chi connectivity index (χ1n) is 9.47. The van der Waals surface area contributed by atoms with Crippen LogP contribution in [0.15, 0.2) is 78.9 Å². The predicted molar refractivity (Wildman–Crippen MR) is 110 cm³/mol. The molecule has 0 saturated carbocycles. The minimum Gasteiger partial charge on any atom is -0.491 e. The van der Waals surface area contributed by atoms with Crippen molar-refractivity contribution in [2.45, 2.75) is 13.0 Å². The van der Waals surface area contributed by atoms with Crippen LogP contribution in [0.3, 0.4) is 0 Å². The third-order valence-corrected chi connectivity index (χ3v) is 4.74. The summed E-state index contributed by atoms with van der Waals surface area (Å²) in [6.07, 6.45) is 0.161. The van der Waals surface area contributed by atoms with Gasteiger partial charge < -0.3 is 9.47 Å². The molecule has 1 heterocycles. The van der Waals surface area contributed by atoms with Gasteiger partial charge in [-0.2, -0.15) is 0 Å². The number of anilines is 1. The average molecular weight is 387 g/mol. The maximum absolute atomic E-state index is 13.3. The van der Waals surface area contributed by atoms with Crippen LogP contribution in [0.4, 0.5) is 5.69 Å². The van der Waals surface area contributed by atoms with Crippen LogP contribution in [0.5, 0.6) is 5.75 Å². The second-order valence-corrected chi connectivity index (χ2v) is 6.89. The van der Waals surface area contributed by atoms with Gasteiger partial charge in [-0.25, -0.2) is 4.90 Å². The summed E-state index contributed by atoms with van der Waals surface area (Å²) in [4.78, 5) is 27.8. The summed E-state index contributed by atoms with van der Waals surface area (Å²) < 4.78 is 10.8. The van der Waals surface area contributed by atoms with Crippen LogP contribution in [-0.4, -0.2) is 31.1 Å². The molecule has 3 aromatic carbocycles. The number of carbonyl (C=O) groups excluding carboxylic acids is 2. The summed E-state index contributed by atoms with van der Waals surface area (Å²) in [5.74, 6) is -0.0735. The van der Waals surface area contributed by atoms with E-state index >= 15 is 0 Å². The minimum atomic E-state index is -0.376. The summed E-state index contributed by atoms with van der Waals surface area (Å²) in [6, 6.07) is 23.0. The van der Waals surface area contributed by atoms with Crippen molar-refractivity contribution in [1.82, 2.24) is 0 Å².